The number of hydrogen-bond acceptors (Lipinski definition) is 4. The van der Waals surface area contributed by atoms with Crippen LogP contribution in [0.3, 0.4) is 0 Å². The lowest BCUT2D eigenvalue weighted by atomic mass is 10.2. The average Bonchev–Trinajstić information content (AvgIpc) is 2.99. The Balaban J connectivity index is 1.59. The number of rotatable bonds is 23. The van der Waals surface area contributed by atoms with Crippen LogP contribution in [0.1, 0.15) is 82.3 Å². The number of carbonyl (C=O) groups excluding carboxylic acids is 1. The predicted octanol–water partition coefficient (Wildman–Crippen LogP) is 9.48. The first kappa shape index (κ1) is 34.0. The maximum atomic E-state index is 12.5. The van der Waals surface area contributed by atoms with Crippen molar-refractivity contribution in [2.24, 2.45) is 0 Å². The molecule has 0 N–H and O–H groups in total. The third kappa shape index (κ3) is 19.5. The Morgan fingerprint density at radius 3 is 1.59 bits per heavy atom. The van der Waals surface area contributed by atoms with E-state index in [0.717, 1.165) is 43.2 Å². The highest BCUT2D eigenvalue weighted by atomic mass is 16.6. The minimum Gasteiger partial charge on any atom is -0.457 e. The Morgan fingerprint density at radius 1 is 0.634 bits per heavy atom. The Labute approximate surface area is 248 Å². The molecule has 0 bridgehead atoms. The van der Waals surface area contributed by atoms with Crippen LogP contribution < -0.4 is 0 Å². The zero-order valence-electron chi connectivity index (χ0n) is 25.0. The predicted molar refractivity (Wildman–Crippen MR) is 170 cm³/mol. The fraction of sp³-hybridized carbons (Fsp3) is 0.432. The summed E-state index contributed by atoms with van der Waals surface area (Å²) in [4.78, 5) is 12.5. The van der Waals surface area contributed by atoms with E-state index in [1.807, 2.05) is 60.7 Å². The maximum Gasteiger partial charge on any atom is 0.306 e. The summed E-state index contributed by atoms with van der Waals surface area (Å²) >= 11 is 0. The zero-order valence-corrected chi connectivity index (χ0v) is 25.0. The number of allylic oxidation sites excluding steroid dienone is 8. The van der Waals surface area contributed by atoms with Gasteiger partial charge >= 0.3 is 5.97 Å². The minimum atomic E-state index is -0.438. The second kappa shape index (κ2) is 24.6. The molecule has 0 amide bonds. The highest BCUT2D eigenvalue weighted by Crippen LogP contribution is 2.08. The molecule has 41 heavy (non-hydrogen) atoms. The molecule has 222 valence electrons. The number of hydrogen-bond donors (Lipinski definition) is 0. The molecule has 0 radical (unpaired) electrons. The van der Waals surface area contributed by atoms with Gasteiger partial charge in [0.25, 0.3) is 0 Å². The molecule has 2 aromatic carbocycles. The van der Waals surface area contributed by atoms with E-state index in [1.165, 1.54) is 25.7 Å². The van der Waals surface area contributed by atoms with E-state index in [2.05, 4.69) is 55.5 Å². The molecule has 0 atom stereocenters. The van der Waals surface area contributed by atoms with Crippen molar-refractivity contribution in [2.75, 3.05) is 13.2 Å². The van der Waals surface area contributed by atoms with E-state index in [1.54, 1.807) is 0 Å². The monoisotopic (exact) mass is 558 g/mol. The Kier molecular flexibility index (Phi) is 20.4. The van der Waals surface area contributed by atoms with E-state index >= 15 is 0 Å². The number of ether oxygens (including phenoxy) is 3. The van der Waals surface area contributed by atoms with Gasteiger partial charge in [0, 0.05) is 6.42 Å². The van der Waals surface area contributed by atoms with Crippen LogP contribution in [0.5, 0.6) is 0 Å². The summed E-state index contributed by atoms with van der Waals surface area (Å²) in [5.41, 5.74) is 2.17. The van der Waals surface area contributed by atoms with Gasteiger partial charge < -0.3 is 14.2 Å². The van der Waals surface area contributed by atoms with Gasteiger partial charge in [-0.1, -0.05) is 129 Å². The highest BCUT2D eigenvalue weighted by Gasteiger charge is 2.15. The molecule has 0 aliphatic heterocycles. The summed E-state index contributed by atoms with van der Waals surface area (Å²) < 4.78 is 17.4. The Hall–Kier alpha value is -3.21. The van der Waals surface area contributed by atoms with E-state index in [-0.39, 0.29) is 5.97 Å². The van der Waals surface area contributed by atoms with Gasteiger partial charge in [0.05, 0.1) is 26.4 Å². The summed E-state index contributed by atoms with van der Waals surface area (Å²) in [6.45, 7) is 3.78. The largest absolute Gasteiger partial charge is 0.457 e. The molecule has 0 aliphatic carbocycles. The molecule has 0 heterocycles. The smallest absolute Gasteiger partial charge is 0.306 e. The van der Waals surface area contributed by atoms with Crippen molar-refractivity contribution < 1.29 is 19.0 Å². The van der Waals surface area contributed by atoms with Gasteiger partial charge in [-0.15, -0.1) is 0 Å². The highest BCUT2D eigenvalue weighted by molar-refractivity contribution is 5.69. The molecule has 4 heteroatoms. The van der Waals surface area contributed by atoms with Crippen LogP contribution in [-0.2, 0) is 32.2 Å². The molecule has 0 aliphatic rings. The standard InChI is InChI=1S/C37H50O4/c1-2-3-4-5-6-7-8-9-10-11-12-13-14-15-16-17-24-29-37(38)41-36(32-39-30-34-25-20-18-21-26-34)33-40-31-35-27-22-19-23-28-35/h6-7,9-10,12-13,15-16,18-23,25-28,36H,2-5,8,11,14,17,24,29-33H2,1H3/b7-6-,10-9-,13-12-,16-15-. The van der Waals surface area contributed by atoms with E-state index < -0.39 is 6.10 Å². The molecular formula is C37H50O4. The molecule has 0 aromatic heterocycles. The van der Waals surface area contributed by atoms with Gasteiger partial charge in [0.1, 0.15) is 6.10 Å². The van der Waals surface area contributed by atoms with Crippen LogP contribution in [0.15, 0.2) is 109 Å². The first-order valence-corrected chi connectivity index (χ1v) is 15.3. The quantitative estimate of drug-likeness (QED) is 0.0774. The van der Waals surface area contributed by atoms with Crippen molar-refractivity contribution in [1.29, 1.82) is 0 Å². The first-order chi connectivity index (χ1) is 20.3. The lowest BCUT2D eigenvalue weighted by molar-refractivity contribution is -0.157. The summed E-state index contributed by atoms with van der Waals surface area (Å²) in [7, 11) is 0. The van der Waals surface area contributed by atoms with E-state index in [0.29, 0.717) is 32.8 Å². The van der Waals surface area contributed by atoms with Crippen LogP contribution in [0.4, 0.5) is 0 Å². The number of benzene rings is 2. The maximum absolute atomic E-state index is 12.5. The molecule has 0 saturated carbocycles. The fourth-order valence-corrected chi connectivity index (χ4v) is 4.05. The molecule has 0 unspecified atom stereocenters. The topological polar surface area (TPSA) is 44.8 Å². The lowest BCUT2D eigenvalue weighted by Gasteiger charge is -2.18. The van der Waals surface area contributed by atoms with Crippen molar-refractivity contribution in [3.05, 3.63) is 120 Å². The van der Waals surface area contributed by atoms with Gasteiger partial charge in [-0.2, -0.15) is 0 Å². The van der Waals surface area contributed by atoms with E-state index in [9.17, 15) is 4.79 Å². The number of carbonyl (C=O) groups is 1. The SMILES string of the molecule is CCCCC/C=C\C/C=C\C/C=C\C/C=C\CCCC(=O)OC(COCc1ccccc1)COCc1ccccc1. The average molecular weight is 559 g/mol. The molecule has 0 fully saturated rings. The third-order valence-corrected chi connectivity index (χ3v) is 6.34. The number of esters is 1. The first-order valence-electron chi connectivity index (χ1n) is 15.3. The number of unbranched alkanes of at least 4 members (excludes halogenated alkanes) is 4. The third-order valence-electron chi connectivity index (χ3n) is 6.34. The minimum absolute atomic E-state index is 0.211. The Morgan fingerprint density at radius 2 is 1.10 bits per heavy atom. The van der Waals surface area contributed by atoms with Crippen LogP contribution in [0.25, 0.3) is 0 Å². The van der Waals surface area contributed by atoms with Crippen molar-refractivity contribution in [1.82, 2.24) is 0 Å². The van der Waals surface area contributed by atoms with Crippen molar-refractivity contribution in [3.8, 4) is 0 Å². The van der Waals surface area contributed by atoms with Crippen LogP contribution in [-0.4, -0.2) is 25.3 Å². The summed E-state index contributed by atoms with van der Waals surface area (Å²) in [5.74, 6) is -0.211. The van der Waals surface area contributed by atoms with Crippen molar-refractivity contribution >= 4 is 5.97 Å². The normalized spacial score (nSPS) is 12.0. The van der Waals surface area contributed by atoms with Gasteiger partial charge in [-0.25, -0.2) is 0 Å². The molecule has 0 saturated heterocycles. The summed E-state index contributed by atoms with van der Waals surface area (Å²) in [5, 5.41) is 0. The zero-order chi connectivity index (χ0) is 29.1. The summed E-state index contributed by atoms with van der Waals surface area (Å²) in [6.07, 6.45) is 27.2. The van der Waals surface area contributed by atoms with Crippen LogP contribution >= 0.6 is 0 Å². The van der Waals surface area contributed by atoms with Crippen molar-refractivity contribution in [3.63, 3.8) is 0 Å². The molecule has 4 nitrogen and oxygen atoms in total. The summed E-state index contributed by atoms with van der Waals surface area (Å²) in [6, 6.07) is 20.0. The van der Waals surface area contributed by atoms with Gasteiger partial charge in [-0.3, -0.25) is 4.79 Å². The fourth-order valence-electron chi connectivity index (χ4n) is 4.05. The molecular weight excluding hydrogens is 508 g/mol. The molecule has 2 rings (SSSR count). The molecule has 0 spiro atoms. The van der Waals surface area contributed by atoms with Gasteiger partial charge in [-0.05, 0) is 56.1 Å². The molecule has 2 aromatic rings. The van der Waals surface area contributed by atoms with Gasteiger partial charge in [0.15, 0.2) is 0 Å². The van der Waals surface area contributed by atoms with E-state index in [4.69, 9.17) is 14.2 Å². The second-order valence-corrected chi connectivity index (χ2v) is 10.1. The second-order valence-electron chi connectivity index (χ2n) is 10.1. The van der Waals surface area contributed by atoms with Crippen molar-refractivity contribution in [2.45, 2.75) is 90.4 Å². The lowest BCUT2D eigenvalue weighted by Crippen LogP contribution is -2.28. The van der Waals surface area contributed by atoms with Crippen LogP contribution in [0.2, 0.25) is 0 Å². The Bertz CT molecular complexity index is 962. The van der Waals surface area contributed by atoms with Gasteiger partial charge in [0.2, 0.25) is 0 Å². The van der Waals surface area contributed by atoms with Crippen LogP contribution in [0, 0.1) is 0 Å².